The van der Waals surface area contributed by atoms with Crippen molar-refractivity contribution in [2.75, 3.05) is 26.4 Å². The van der Waals surface area contributed by atoms with E-state index in [2.05, 4.69) is 72.2 Å². The van der Waals surface area contributed by atoms with E-state index in [-0.39, 0.29) is 12.6 Å². The fourth-order valence-corrected chi connectivity index (χ4v) is 5.24. The molecule has 2 heterocycles. The zero-order valence-electron chi connectivity index (χ0n) is 20.5. The molecule has 4 heteroatoms. The van der Waals surface area contributed by atoms with Crippen LogP contribution in [-0.2, 0) is 18.9 Å². The Morgan fingerprint density at radius 2 is 1.08 bits per heavy atom. The van der Waals surface area contributed by atoms with Gasteiger partial charge in [0.25, 0.3) is 0 Å². The van der Waals surface area contributed by atoms with Crippen molar-refractivity contribution in [1.29, 1.82) is 0 Å². The van der Waals surface area contributed by atoms with E-state index in [0.717, 1.165) is 73.6 Å². The van der Waals surface area contributed by atoms with Gasteiger partial charge in [-0.2, -0.15) is 0 Å². The molecule has 0 bridgehead atoms. The summed E-state index contributed by atoms with van der Waals surface area (Å²) >= 11 is 0. The Hall–Kier alpha value is -3.12. The van der Waals surface area contributed by atoms with Gasteiger partial charge < -0.3 is 18.9 Å². The molecule has 2 aliphatic heterocycles. The molecule has 0 spiro atoms. The second kappa shape index (κ2) is 10.9. The lowest BCUT2D eigenvalue weighted by Gasteiger charge is -2.21. The molecule has 0 aromatic heterocycles. The van der Waals surface area contributed by atoms with Gasteiger partial charge in [-0.15, -0.1) is 0 Å². The van der Waals surface area contributed by atoms with E-state index in [1.165, 1.54) is 21.5 Å². The normalized spacial score (nSPS) is 20.2. The first-order valence-electron chi connectivity index (χ1n) is 13.0. The van der Waals surface area contributed by atoms with Crippen molar-refractivity contribution in [2.45, 2.75) is 51.1 Å². The molecule has 4 aromatic rings. The summed E-state index contributed by atoms with van der Waals surface area (Å²) in [6.45, 7) is 2.31. The van der Waals surface area contributed by atoms with Crippen LogP contribution in [0.4, 0.5) is 0 Å². The highest BCUT2D eigenvalue weighted by atomic mass is 16.7. The molecule has 2 aliphatic rings. The second-order valence-corrected chi connectivity index (χ2v) is 9.47. The van der Waals surface area contributed by atoms with Crippen LogP contribution < -0.4 is 0 Å². The van der Waals surface area contributed by atoms with E-state index < -0.39 is 0 Å². The maximum atomic E-state index is 5.80. The number of benzene rings is 4. The molecular formula is C32H30O4. The van der Waals surface area contributed by atoms with E-state index in [4.69, 9.17) is 18.9 Å². The first-order chi connectivity index (χ1) is 17.9. The first kappa shape index (κ1) is 23.3. The number of hydrogen-bond donors (Lipinski definition) is 0. The van der Waals surface area contributed by atoms with Gasteiger partial charge in [-0.05, 0) is 83.0 Å². The van der Waals surface area contributed by atoms with Gasteiger partial charge in [-0.1, -0.05) is 60.1 Å². The van der Waals surface area contributed by atoms with Gasteiger partial charge in [0.05, 0.1) is 0 Å². The third-order valence-corrected chi connectivity index (χ3v) is 7.07. The summed E-state index contributed by atoms with van der Waals surface area (Å²) in [5.41, 5.74) is 2.03. The smallest absolute Gasteiger partial charge is 0.158 e. The Morgan fingerprint density at radius 3 is 1.53 bits per heavy atom. The van der Waals surface area contributed by atoms with Crippen molar-refractivity contribution in [3.8, 4) is 23.7 Å². The highest BCUT2D eigenvalue weighted by Gasteiger charge is 2.15. The molecule has 2 fully saturated rings. The zero-order valence-corrected chi connectivity index (χ0v) is 20.5. The molecule has 4 nitrogen and oxygen atoms in total. The lowest BCUT2D eigenvalue weighted by Crippen LogP contribution is -2.22. The van der Waals surface area contributed by atoms with Gasteiger partial charge in [-0.3, -0.25) is 0 Å². The monoisotopic (exact) mass is 478 g/mol. The van der Waals surface area contributed by atoms with E-state index in [1.807, 2.05) is 0 Å². The van der Waals surface area contributed by atoms with Gasteiger partial charge in [0, 0.05) is 24.3 Å². The molecule has 182 valence electrons. The minimum Gasteiger partial charge on any atom is -0.353 e. The molecule has 0 radical (unpaired) electrons. The molecule has 6 rings (SSSR count). The average Bonchev–Trinajstić information content (AvgIpc) is 2.94. The molecule has 4 aromatic carbocycles. The zero-order chi connectivity index (χ0) is 24.2. The van der Waals surface area contributed by atoms with Crippen LogP contribution in [0.5, 0.6) is 0 Å². The van der Waals surface area contributed by atoms with Crippen LogP contribution in [-0.4, -0.2) is 39.0 Å². The Morgan fingerprint density at radius 1 is 0.611 bits per heavy atom. The Bertz CT molecular complexity index is 1360. The summed E-state index contributed by atoms with van der Waals surface area (Å²) in [7, 11) is 0. The van der Waals surface area contributed by atoms with Crippen molar-refractivity contribution in [3.63, 3.8) is 0 Å². The molecule has 36 heavy (non-hydrogen) atoms. The molecule has 0 saturated carbocycles. The van der Waals surface area contributed by atoms with Crippen molar-refractivity contribution >= 4 is 32.3 Å². The third kappa shape index (κ3) is 4.92. The largest absolute Gasteiger partial charge is 0.353 e. The fraction of sp³-hybridized carbons (Fsp3) is 0.375. The Kier molecular flexibility index (Phi) is 7.03. The fourth-order valence-electron chi connectivity index (χ4n) is 5.24. The molecule has 2 saturated heterocycles. The second-order valence-electron chi connectivity index (χ2n) is 9.47. The molecule has 2 unspecified atom stereocenters. The number of hydrogen-bond acceptors (Lipinski definition) is 4. The van der Waals surface area contributed by atoms with Crippen molar-refractivity contribution < 1.29 is 18.9 Å². The highest BCUT2D eigenvalue weighted by molar-refractivity contribution is 6.24. The van der Waals surface area contributed by atoms with Crippen molar-refractivity contribution in [3.05, 3.63) is 59.7 Å². The minimum atomic E-state index is -0.116. The standard InChI is InChI=1S/C32H30O4/c1-3-19-33-29(9-1)35-21-5-7-23-11-13-25-16-18-28-24(8-6-22-36-30-10-2-4-20-34-30)12-14-26-15-17-27(23)31(25)32(26)28/h11-18,29-30H,1-4,9-10,19-22H2. The van der Waals surface area contributed by atoms with Crippen molar-refractivity contribution in [2.24, 2.45) is 0 Å². The van der Waals surface area contributed by atoms with E-state index in [9.17, 15) is 0 Å². The Balaban J connectivity index is 1.27. The predicted molar refractivity (Wildman–Crippen MR) is 143 cm³/mol. The summed E-state index contributed by atoms with van der Waals surface area (Å²) in [5, 5.41) is 7.23. The van der Waals surface area contributed by atoms with Crippen LogP contribution in [0.15, 0.2) is 48.5 Å². The third-order valence-electron chi connectivity index (χ3n) is 7.07. The summed E-state index contributed by atoms with van der Waals surface area (Å²) in [6.07, 6.45) is 6.21. The van der Waals surface area contributed by atoms with Crippen LogP contribution in [0, 0.1) is 23.7 Å². The van der Waals surface area contributed by atoms with Gasteiger partial charge >= 0.3 is 0 Å². The maximum absolute atomic E-state index is 5.80. The predicted octanol–water partition coefficient (Wildman–Crippen LogP) is 6.37. The SMILES string of the molecule is C(#Cc1ccc2ccc3c(C#CCOC4CCCCO4)ccc4ccc1c2c43)COC1CCCCO1. The topological polar surface area (TPSA) is 36.9 Å². The van der Waals surface area contributed by atoms with E-state index in [0.29, 0.717) is 13.2 Å². The summed E-state index contributed by atoms with van der Waals surface area (Å²) in [6, 6.07) is 17.3. The van der Waals surface area contributed by atoms with E-state index >= 15 is 0 Å². The number of ether oxygens (including phenoxy) is 4. The summed E-state index contributed by atoms with van der Waals surface area (Å²) in [4.78, 5) is 0. The summed E-state index contributed by atoms with van der Waals surface area (Å²) in [5.74, 6) is 13.1. The van der Waals surface area contributed by atoms with Crippen LogP contribution in [0.25, 0.3) is 32.3 Å². The number of rotatable bonds is 4. The minimum absolute atomic E-state index is 0.116. The van der Waals surface area contributed by atoms with Gasteiger partial charge in [0.15, 0.2) is 12.6 Å². The lowest BCUT2D eigenvalue weighted by molar-refractivity contribution is -0.154. The van der Waals surface area contributed by atoms with E-state index in [1.54, 1.807) is 0 Å². The molecular weight excluding hydrogens is 448 g/mol. The lowest BCUT2D eigenvalue weighted by atomic mass is 9.90. The average molecular weight is 479 g/mol. The molecule has 2 atom stereocenters. The van der Waals surface area contributed by atoms with Gasteiger partial charge in [0.2, 0.25) is 0 Å². The van der Waals surface area contributed by atoms with Crippen LogP contribution in [0.1, 0.15) is 49.7 Å². The molecule has 0 aliphatic carbocycles. The Labute approximate surface area is 212 Å². The quantitative estimate of drug-likeness (QED) is 0.252. The summed E-state index contributed by atoms with van der Waals surface area (Å²) < 4.78 is 22.9. The molecule has 0 N–H and O–H groups in total. The first-order valence-corrected chi connectivity index (χ1v) is 13.0. The molecule has 0 amide bonds. The van der Waals surface area contributed by atoms with Crippen molar-refractivity contribution in [1.82, 2.24) is 0 Å². The maximum Gasteiger partial charge on any atom is 0.158 e. The van der Waals surface area contributed by atoms with Crippen LogP contribution >= 0.6 is 0 Å². The van der Waals surface area contributed by atoms with Gasteiger partial charge in [0.1, 0.15) is 13.2 Å². The van der Waals surface area contributed by atoms with Crippen LogP contribution in [0.2, 0.25) is 0 Å². The van der Waals surface area contributed by atoms with Gasteiger partial charge in [-0.25, -0.2) is 0 Å². The van der Waals surface area contributed by atoms with Crippen LogP contribution in [0.3, 0.4) is 0 Å². The highest BCUT2D eigenvalue weighted by Crippen LogP contribution is 2.37.